The van der Waals surface area contributed by atoms with Crippen molar-refractivity contribution in [1.82, 2.24) is 0 Å². The van der Waals surface area contributed by atoms with Gasteiger partial charge in [0.25, 0.3) is 0 Å². The molecule has 0 amide bonds. The van der Waals surface area contributed by atoms with E-state index in [1.165, 1.54) is 12.5 Å². The van der Waals surface area contributed by atoms with Gasteiger partial charge in [0, 0.05) is 16.9 Å². The van der Waals surface area contributed by atoms with Crippen LogP contribution in [-0.4, -0.2) is 16.9 Å². The van der Waals surface area contributed by atoms with Crippen molar-refractivity contribution in [1.29, 1.82) is 0 Å². The zero-order chi connectivity index (χ0) is 8.91. The third kappa shape index (κ3) is 6.82. The lowest BCUT2D eigenvalue weighted by molar-refractivity contribution is 1.03. The first-order chi connectivity index (χ1) is 4.98. The van der Waals surface area contributed by atoms with Crippen molar-refractivity contribution in [2.24, 2.45) is 0 Å². The van der Waals surface area contributed by atoms with Crippen molar-refractivity contribution in [2.75, 3.05) is 0 Å². The second-order valence-corrected chi connectivity index (χ2v) is 13.5. The van der Waals surface area contributed by atoms with Crippen LogP contribution in [0.2, 0.25) is 44.3 Å². The summed E-state index contributed by atoms with van der Waals surface area (Å²) >= 11 is 0. The van der Waals surface area contributed by atoms with Crippen molar-refractivity contribution in [3.63, 3.8) is 0 Å². The molecule has 0 saturated carbocycles. The molecule has 0 aromatic heterocycles. The Hall–Kier alpha value is 0.434. The summed E-state index contributed by atoms with van der Waals surface area (Å²) in [5, 5.41) is 0. The van der Waals surface area contributed by atoms with Crippen molar-refractivity contribution >= 4 is 16.9 Å². The molecule has 0 aliphatic carbocycles. The van der Waals surface area contributed by atoms with E-state index in [0.717, 1.165) is 0 Å². The summed E-state index contributed by atoms with van der Waals surface area (Å²) in [6, 6.07) is 4.71. The minimum atomic E-state index is -0.731. The first kappa shape index (κ1) is 11.4. The molecule has 0 saturated heterocycles. The largest absolute Gasteiger partial charge is 0.0722 e. The van der Waals surface area contributed by atoms with Crippen molar-refractivity contribution in [3.8, 4) is 0 Å². The summed E-state index contributed by atoms with van der Waals surface area (Å²) < 4.78 is 0. The summed E-state index contributed by atoms with van der Waals surface area (Å²) in [7, 11) is -0.992. The van der Waals surface area contributed by atoms with Gasteiger partial charge in [-0.15, -0.1) is 0 Å². The van der Waals surface area contributed by atoms with Crippen LogP contribution in [0, 0.1) is 0 Å². The van der Waals surface area contributed by atoms with Crippen molar-refractivity contribution < 1.29 is 0 Å². The zero-order valence-electron chi connectivity index (χ0n) is 8.91. The smallest absolute Gasteiger partial charge is 0.0470 e. The van der Waals surface area contributed by atoms with Gasteiger partial charge in [0.15, 0.2) is 0 Å². The molecule has 0 heterocycles. The maximum atomic E-state index is 2.55. The second kappa shape index (κ2) is 5.15. The molecule has 0 fully saturated rings. The Kier molecular flexibility index (Phi) is 5.35. The molecule has 2 heteroatoms. The predicted molar refractivity (Wildman–Crippen MR) is 61.1 cm³/mol. The first-order valence-corrected chi connectivity index (χ1v) is 11.5. The predicted octanol–water partition coefficient (Wildman–Crippen LogP) is 3.59. The van der Waals surface area contributed by atoms with Gasteiger partial charge in [-0.3, -0.25) is 0 Å². The highest BCUT2D eigenvalue weighted by atomic mass is 28.3. The fraction of sp³-hybridized carbons (Fsp3) is 1.00. The summed E-state index contributed by atoms with van der Waals surface area (Å²) in [4.78, 5) is 0. The van der Waals surface area contributed by atoms with E-state index in [2.05, 4.69) is 33.1 Å². The number of hydrogen-bond acceptors (Lipinski definition) is 0. The van der Waals surface area contributed by atoms with Gasteiger partial charge in [-0.05, 0) is 0 Å². The van der Waals surface area contributed by atoms with E-state index < -0.39 is 8.07 Å². The SMILES string of the molecule is CCC[Si](C)(C)CC[SiH](C)C. The standard InChI is InChI=1S/C9H24Si2/c1-6-8-11(4,5)9-7-10(2)3/h10H,6-9H2,1-5H3. The van der Waals surface area contributed by atoms with Crippen LogP contribution in [0.5, 0.6) is 0 Å². The topological polar surface area (TPSA) is 0 Å². The highest BCUT2D eigenvalue weighted by Gasteiger charge is 2.18. The normalized spacial score (nSPS) is 12.5. The Morgan fingerprint density at radius 1 is 1.09 bits per heavy atom. The molecule has 0 N–H and O–H groups in total. The average Bonchev–Trinajstić information content (AvgIpc) is 1.84. The second-order valence-electron chi connectivity index (χ2n) is 4.85. The van der Waals surface area contributed by atoms with Gasteiger partial charge in [0.2, 0.25) is 0 Å². The van der Waals surface area contributed by atoms with Crippen LogP contribution in [0.4, 0.5) is 0 Å². The zero-order valence-corrected chi connectivity index (χ0v) is 11.1. The molecule has 0 radical (unpaired) electrons. The molecule has 0 aliphatic rings. The van der Waals surface area contributed by atoms with E-state index in [-0.39, 0.29) is 8.80 Å². The molecule has 0 spiro atoms. The van der Waals surface area contributed by atoms with Crippen LogP contribution >= 0.6 is 0 Å². The van der Waals surface area contributed by atoms with Gasteiger partial charge in [-0.2, -0.15) is 0 Å². The van der Waals surface area contributed by atoms with E-state index in [1.54, 1.807) is 12.1 Å². The molecular formula is C9H24Si2. The molecule has 0 bridgehead atoms. The van der Waals surface area contributed by atoms with E-state index in [1.807, 2.05) is 0 Å². The Bertz CT molecular complexity index is 97.7. The molecule has 0 unspecified atom stereocenters. The first-order valence-electron chi connectivity index (χ1n) is 4.98. The van der Waals surface area contributed by atoms with E-state index >= 15 is 0 Å². The molecule has 0 nitrogen and oxygen atoms in total. The van der Waals surface area contributed by atoms with Crippen LogP contribution in [0.25, 0.3) is 0 Å². The molecule has 0 aliphatic heterocycles. The molecule has 0 atom stereocenters. The highest BCUT2D eigenvalue weighted by Crippen LogP contribution is 2.20. The molecular weight excluding hydrogens is 164 g/mol. The van der Waals surface area contributed by atoms with Crippen molar-refractivity contribution in [2.45, 2.75) is 57.7 Å². The van der Waals surface area contributed by atoms with Crippen molar-refractivity contribution in [3.05, 3.63) is 0 Å². The van der Waals surface area contributed by atoms with Gasteiger partial charge >= 0.3 is 0 Å². The van der Waals surface area contributed by atoms with E-state index in [9.17, 15) is 0 Å². The summed E-state index contributed by atoms with van der Waals surface area (Å²) in [5.41, 5.74) is 0. The summed E-state index contributed by atoms with van der Waals surface area (Å²) in [6.45, 7) is 12.4. The van der Waals surface area contributed by atoms with Crippen LogP contribution in [0.15, 0.2) is 0 Å². The van der Waals surface area contributed by atoms with E-state index in [4.69, 9.17) is 0 Å². The van der Waals surface area contributed by atoms with Crippen LogP contribution in [0.3, 0.4) is 0 Å². The van der Waals surface area contributed by atoms with Crippen LogP contribution < -0.4 is 0 Å². The molecule has 0 aromatic carbocycles. The van der Waals surface area contributed by atoms with Gasteiger partial charge < -0.3 is 0 Å². The van der Waals surface area contributed by atoms with Gasteiger partial charge in [-0.25, -0.2) is 0 Å². The monoisotopic (exact) mass is 188 g/mol. The van der Waals surface area contributed by atoms with Gasteiger partial charge in [-0.1, -0.05) is 57.7 Å². The number of hydrogen-bond donors (Lipinski definition) is 0. The minimum absolute atomic E-state index is 0.261. The van der Waals surface area contributed by atoms with Gasteiger partial charge in [0.05, 0.1) is 0 Å². The molecule has 68 valence electrons. The lowest BCUT2D eigenvalue weighted by atomic mass is 10.6. The molecule has 0 rings (SSSR count). The Morgan fingerprint density at radius 3 is 2.00 bits per heavy atom. The Balaban J connectivity index is 3.54. The van der Waals surface area contributed by atoms with Gasteiger partial charge in [0.1, 0.15) is 0 Å². The fourth-order valence-electron chi connectivity index (χ4n) is 1.48. The maximum absolute atomic E-state index is 2.55. The quantitative estimate of drug-likeness (QED) is 0.579. The van der Waals surface area contributed by atoms with Crippen LogP contribution in [-0.2, 0) is 0 Å². The Morgan fingerprint density at radius 2 is 1.64 bits per heavy atom. The van der Waals surface area contributed by atoms with E-state index in [0.29, 0.717) is 0 Å². The highest BCUT2D eigenvalue weighted by molar-refractivity contribution is 6.78. The third-order valence-corrected chi connectivity index (χ3v) is 7.84. The Labute approximate surface area is 75.0 Å². The lowest BCUT2D eigenvalue weighted by Crippen LogP contribution is -2.25. The molecule has 11 heavy (non-hydrogen) atoms. The average molecular weight is 188 g/mol. The minimum Gasteiger partial charge on any atom is -0.0722 e. The number of rotatable bonds is 5. The fourth-order valence-corrected chi connectivity index (χ4v) is 8.52. The summed E-state index contributed by atoms with van der Waals surface area (Å²) in [5.74, 6) is 0. The van der Waals surface area contributed by atoms with Crippen LogP contribution in [0.1, 0.15) is 13.3 Å². The third-order valence-electron chi connectivity index (χ3n) is 2.33. The lowest BCUT2D eigenvalue weighted by Gasteiger charge is -2.22. The summed E-state index contributed by atoms with van der Waals surface area (Å²) in [6.07, 6.45) is 1.40. The maximum Gasteiger partial charge on any atom is 0.0470 e. The molecule has 0 aromatic rings.